The number of carboxylic acid groups (broad SMARTS) is 1. The first-order valence-corrected chi connectivity index (χ1v) is 9.96. The van der Waals surface area contributed by atoms with E-state index in [1.807, 2.05) is 0 Å². The molecule has 2 rings (SSSR count). The molecule has 10 nitrogen and oxygen atoms in total. The van der Waals surface area contributed by atoms with Crippen LogP contribution in [0.4, 0.5) is 16.2 Å². The van der Waals surface area contributed by atoms with E-state index in [1.54, 1.807) is 0 Å². The molecule has 0 radical (unpaired) electrons. The number of nitrogens with zero attached hydrogens (tertiary/aromatic N) is 2. The molecule has 0 spiro atoms. The smallest absolute Gasteiger partial charge is 0.412 e. The molecule has 2 aromatic rings. The highest BCUT2D eigenvalue weighted by molar-refractivity contribution is 7.87. The quantitative estimate of drug-likeness (QED) is 0.263. The van der Waals surface area contributed by atoms with E-state index < -0.39 is 43.9 Å². The van der Waals surface area contributed by atoms with Crippen LogP contribution < -0.4 is 14.8 Å². The minimum atomic E-state index is -4.53. The molecule has 0 aromatic heterocycles. The maximum atomic E-state index is 12.5. The van der Waals surface area contributed by atoms with Gasteiger partial charge in [0.05, 0.1) is 16.5 Å². The Morgan fingerprint density at radius 3 is 2.31 bits per heavy atom. The molecular formula is C15H11Cl2N3O7S2. The molecule has 154 valence electrons. The molecule has 0 heterocycles. The van der Waals surface area contributed by atoms with Crippen LogP contribution in [-0.2, 0) is 10.1 Å². The number of carbonyl (C=O) groups is 1. The maximum Gasteiger partial charge on any atom is 0.412 e. The highest BCUT2D eigenvalue weighted by Gasteiger charge is 2.28. The summed E-state index contributed by atoms with van der Waals surface area (Å²) in [6.07, 6.45) is -1.57. The fraction of sp³-hybridized carbons (Fsp3) is 0.0667. The van der Waals surface area contributed by atoms with Crippen LogP contribution >= 0.6 is 35.4 Å². The monoisotopic (exact) mass is 479 g/mol. The van der Waals surface area contributed by atoms with Gasteiger partial charge in [-0.3, -0.25) is 15.0 Å². The van der Waals surface area contributed by atoms with Gasteiger partial charge in [-0.05, 0) is 18.2 Å². The average Bonchev–Trinajstić information content (AvgIpc) is 2.57. The van der Waals surface area contributed by atoms with Crippen LogP contribution in [0.3, 0.4) is 0 Å². The van der Waals surface area contributed by atoms with Crippen molar-refractivity contribution in [3.05, 3.63) is 56.6 Å². The number of hydrogen-bond donors (Lipinski definition) is 2. The molecule has 0 saturated heterocycles. The van der Waals surface area contributed by atoms with Crippen molar-refractivity contribution in [2.24, 2.45) is 5.73 Å². The zero-order valence-corrected chi connectivity index (χ0v) is 17.3. The van der Waals surface area contributed by atoms with Gasteiger partial charge in [0.2, 0.25) is 0 Å². The van der Waals surface area contributed by atoms with Crippen molar-refractivity contribution in [3.8, 4) is 5.75 Å². The fourth-order valence-corrected chi connectivity index (χ4v) is 3.77. The first-order chi connectivity index (χ1) is 13.4. The van der Waals surface area contributed by atoms with Crippen molar-refractivity contribution >= 4 is 68.0 Å². The SMILES string of the molecule is NC(=S)CN(C(=O)O)c1ccc(S(=O)(=O)Oc2cc(Cl)cc(Cl)c2)cc1[N+](=O)[O-]. The summed E-state index contributed by atoms with van der Waals surface area (Å²) in [5.41, 5.74) is 4.10. The Morgan fingerprint density at radius 1 is 1.24 bits per heavy atom. The van der Waals surface area contributed by atoms with Gasteiger partial charge < -0.3 is 15.0 Å². The Hall–Kier alpha value is -2.67. The lowest BCUT2D eigenvalue weighted by Gasteiger charge is -2.18. The van der Waals surface area contributed by atoms with E-state index in [0.29, 0.717) is 11.0 Å². The number of nitro groups is 1. The topological polar surface area (TPSA) is 153 Å². The van der Waals surface area contributed by atoms with E-state index >= 15 is 0 Å². The summed E-state index contributed by atoms with van der Waals surface area (Å²) in [4.78, 5) is 21.6. The van der Waals surface area contributed by atoms with E-state index in [0.717, 1.165) is 12.1 Å². The molecule has 2 aromatic carbocycles. The van der Waals surface area contributed by atoms with Gasteiger partial charge >= 0.3 is 16.2 Å². The van der Waals surface area contributed by atoms with Gasteiger partial charge in [0.1, 0.15) is 16.3 Å². The standard InChI is InChI=1S/C15H11Cl2N3O7S2/c16-8-3-9(17)5-10(4-8)27-29(25,26)11-1-2-12(13(6-11)20(23)24)19(15(21)22)7-14(18)28/h1-6H,7H2,(H2,18,28)(H,21,22). The van der Waals surface area contributed by atoms with Gasteiger partial charge in [-0.2, -0.15) is 8.42 Å². The van der Waals surface area contributed by atoms with Gasteiger partial charge in [-0.15, -0.1) is 0 Å². The summed E-state index contributed by atoms with van der Waals surface area (Å²) in [7, 11) is -4.53. The molecule has 1 amide bonds. The van der Waals surface area contributed by atoms with E-state index in [9.17, 15) is 28.4 Å². The number of nitrogens with two attached hydrogens (primary N) is 1. The van der Waals surface area contributed by atoms with Crippen LogP contribution in [0.15, 0.2) is 41.3 Å². The third-order valence-electron chi connectivity index (χ3n) is 3.31. The number of nitro benzene ring substituents is 1. The van der Waals surface area contributed by atoms with Crippen LogP contribution in [-0.4, -0.2) is 36.1 Å². The second-order valence-electron chi connectivity index (χ2n) is 5.39. The molecule has 0 unspecified atom stereocenters. The van der Waals surface area contributed by atoms with Crippen molar-refractivity contribution < 1.29 is 27.4 Å². The van der Waals surface area contributed by atoms with Crippen molar-refractivity contribution in [1.29, 1.82) is 0 Å². The van der Waals surface area contributed by atoms with Gasteiger partial charge in [-0.25, -0.2) is 4.79 Å². The van der Waals surface area contributed by atoms with E-state index in [4.69, 9.17) is 33.1 Å². The Balaban J connectivity index is 2.51. The fourth-order valence-electron chi connectivity index (χ4n) is 2.20. The number of halogens is 2. The van der Waals surface area contributed by atoms with Crippen LogP contribution in [0, 0.1) is 10.1 Å². The summed E-state index contributed by atoms with van der Waals surface area (Å²) in [5, 5.41) is 20.9. The van der Waals surface area contributed by atoms with E-state index in [1.165, 1.54) is 18.2 Å². The predicted molar refractivity (Wildman–Crippen MR) is 110 cm³/mol. The van der Waals surface area contributed by atoms with Crippen LogP contribution in [0.5, 0.6) is 5.75 Å². The third kappa shape index (κ3) is 5.67. The largest absolute Gasteiger partial charge is 0.465 e. The van der Waals surface area contributed by atoms with Gasteiger partial charge in [0.25, 0.3) is 5.69 Å². The highest BCUT2D eigenvalue weighted by atomic mass is 35.5. The Morgan fingerprint density at radius 2 is 1.83 bits per heavy atom. The molecule has 0 atom stereocenters. The lowest BCUT2D eigenvalue weighted by atomic mass is 10.2. The van der Waals surface area contributed by atoms with Crippen molar-refractivity contribution in [2.45, 2.75) is 4.90 Å². The molecule has 0 bridgehead atoms. The molecule has 14 heteroatoms. The first kappa shape index (κ1) is 22.6. The third-order valence-corrected chi connectivity index (χ3v) is 5.12. The Kier molecular flexibility index (Phi) is 6.85. The Bertz CT molecular complexity index is 1090. The number of thiocarbonyl (C=S) groups is 1. The minimum Gasteiger partial charge on any atom is -0.465 e. The lowest BCUT2D eigenvalue weighted by Crippen LogP contribution is -2.37. The minimum absolute atomic E-state index is 0.110. The normalized spacial score (nSPS) is 11.0. The zero-order valence-electron chi connectivity index (χ0n) is 14.1. The zero-order chi connectivity index (χ0) is 21.9. The van der Waals surface area contributed by atoms with Gasteiger partial charge in [0.15, 0.2) is 0 Å². The second-order valence-corrected chi connectivity index (χ2v) is 8.33. The lowest BCUT2D eigenvalue weighted by molar-refractivity contribution is -0.384. The predicted octanol–water partition coefficient (Wildman–Crippen LogP) is 3.44. The molecule has 0 saturated carbocycles. The van der Waals surface area contributed by atoms with E-state index in [2.05, 4.69) is 12.2 Å². The van der Waals surface area contributed by atoms with Crippen LogP contribution in [0.1, 0.15) is 0 Å². The first-order valence-electron chi connectivity index (χ1n) is 7.38. The van der Waals surface area contributed by atoms with Crippen molar-refractivity contribution in [3.63, 3.8) is 0 Å². The molecule has 29 heavy (non-hydrogen) atoms. The summed E-state index contributed by atoms with van der Waals surface area (Å²) in [6, 6.07) is 6.26. The molecular weight excluding hydrogens is 469 g/mol. The van der Waals surface area contributed by atoms with Crippen molar-refractivity contribution in [2.75, 3.05) is 11.4 Å². The van der Waals surface area contributed by atoms with Gasteiger partial charge in [0, 0.05) is 28.2 Å². The molecule has 0 fully saturated rings. The Labute approximate surface area is 179 Å². The number of rotatable bonds is 7. The summed E-state index contributed by atoms with van der Waals surface area (Å²) >= 11 is 16.2. The molecule has 0 aliphatic heterocycles. The molecule has 3 N–H and O–H groups in total. The summed E-state index contributed by atoms with van der Waals surface area (Å²) in [6.45, 7) is -0.505. The van der Waals surface area contributed by atoms with Crippen LogP contribution in [0.2, 0.25) is 10.0 Å². The van der Waals surface area contributed by atoms with E-state index in [-0.39, 0.29) is 20.8 Å². The molecule has 0 aliphatic rings. The second kappa shape index (κ2) is 8.78. The summed E-state index contributed by atoms with van der Waals surface area (Å²) in [5.74, 6) is -0.213. The summed E-state index contributed by atoms with van der Waals surface area (Å²) < 4.78 is 29.9. The number of anilines is 1. The maximum absolute atomic E-state index is 12.5. The van der Waals surface area contributed by atoms with Gasteiger partial charge in [-0.1, -0.05) is 35.4 Å². The number of hydrogen-bond acceptors (Lipinski definition) is 7. The van der Waals surface area contributed by atoms with Crippen molar-refractivity contribution in [1.82, 2.24) is 0 Å². The molecule has 0 aliphatic carbocycles. The number of benzene rings is 2. The van der Waals surface area contributed by atoms with Crippen LogP contribution in [0.25, 0.3) is 0 Å². The number of amides is 1. The average molecular weight is 480 g/mol. The highest BCUT2D eigenvalue weighted by Crippen LogP contribution is 2.33.